The van der Waals surface area contributed by atoms with Gasteiger partial charge in [-0.05, 0) is 0 Å². The molecule has 15 heavy (non-hydrogen) atoms. The first kappa shape index (κ1) is 11.1. The summed E-state index contributed by atoms with van der Waals surface area (Å²) < 4.78 is 14.2. The van der Waals surface area contributed by atoms with Crippen molar-refractivity contribution < 1.29 is 4.39 Å². The van der Waals surface area contributed by atoms with Gasteiger partial charge in [-0.3, -0.25) is 4.57 Å². The zero-order chi connectivity index (χ0) is 11.4. The van der Waals surface area contributed by atoms with Crippen molar-refractivity contribution in [1.29, 1.82) is 0 Å². The fourth-order valence-corrected chi connectivity index (χ4v) is 0.828. The fraction of sp³-hybridized carbons (Fsp3) is 0.222. The highest BCUT2D eigenvalue weighted by atomic mass is 19.1. The van der Waals surface area contributed by atoms with Crippen molar-refractivity contribution >= 4 is 18.4 Å². The molecule has 0 spiro atoms. The van der Waals surface area contributed by atoms with E-state index in [4.69, 9.17) is 0 Å². The molecular formula is C9H11FN4O. The third-order valence-electron chi connectivity index (χ3n) is 1.50. The topological polar surface area (TPSA) is 50.5 Å². The van der Waals surface area contributed by atoms with Crippen LogP contribution in [0.2, 0.25) is 0 Å². The Bertz CT molecular complexity index is 450. The van der Waals surface area contributed by atoms with Gasteiger partial charge in [0.1, 0.15) is 0 Å². The van der Waals surface area contributed by atoms with Crippen LogP contribution in [0.4, 0.5) is 10.2 Å². The van der Waals surface area contributed by atoms with Crippen LogP contribution < -0.4 is 5.69 Å². The predicted octanol–water partition coefficient (Wildman–Crippen LogP) is 0.704. The van der Waals surface area contributed by atoms with E-state index in [9.17, 15) is 9.18 Å². The fourth-order valence-electron chi connectivity index (χ4n) is 0.828. The molecule has 0 unspecified atom stereocenters. The van der Waals surface area contributed by atoms with Crippen molar-refractivity contribution in [2.24, 2.45) is 4.99 Å². The Hall–Kier alpha value is -1.98. The summed E-state index contributed by atoms with van der Waals surface area (Å²) in [5.74, 6) is -0.903. The number of aromatic nitrogens is 2. The number of hydrogen-bond acceptors (Lipinski definition) is 3. The van der Waals surface area contributed by atoms with Crippen LogP contribution >= 0.6 is 0 Å². The maximum Gasteiger partial charge on any atom is 0.353 e. The van der Waals surface area contributed by atoms with Crippen molar-refractivity contribution in [3.05, 3.63) is 29.1 Å². The predicted molar refractivity (Wildman–Crippen MR) is 56.7 cm³/mol. The number of rotatable bonds is 3. The molecule has 0 N–H and O–H groups in total. The minimum absolute atomic E-state index is 0.230. The molecule has 5 nitrogen and oxygen atoms in total. The van der Waals surface area contributed by atoms with Gasteiger partial charge in [-0.15, -0.1) is 0 Å². The zero-order valence-corrected chi connectivity index (χ0v) is 8.51. The van der Waals surface area contributed by atoms with Crippen molar-refractivity contribution in [2.75, 3.05) is 14.1 Å². The summed E-state index contributed by atoms with van der Waals surface area (Å²) in [5.41, 5.74) is -0.614. The molecule has 0 saturated carbocycles. The molecule has 1 aromatic rings. The van der Waals surface area contributed by atoms with Gasteiger partial charge in [0.15, 0.2) is 11.6 Å². The van der Waals surface area contributed by atoms with E-state index in [1.54, 1.807) is 19.0 Å². The Morgan fingerprint density at radius 3 is 2.87 bits per heavy atom. The van der Waals surface area contributed by atoms with Crippen molar-refractivity contribution in [1.82, 2.24) is 14.5 Å². The van der Waals surface area contributed by atoms with Gasteiger partial charge in [0.2, 0.25) is 0 Å². The highest BCUT2D eigenvalue weighted by molar-refractivity contribution is 5.58. The highest BCUT2D eigenvalue weighted by Gasteiger charge is 2.04. The molecule has 0 aliphatic carbocycles. The van der Waals surface area contributed by atoms with E-state index in [-0.39, 0.29) is 5.82 Å². The van der Waals surface area contributed by atoms with E-state index in [1.807, 2.05) is 0 Å². The van der Waals surface area contributed by atoms with Crippen LogP contribution in [0.5, 0.6) is 0 Å². The maximum absolute atomic E-state index is 13.3. The summed E-state index contributed by atoms with van der Waals surface area (Å²) in [6.45, 7) is 3.35. The Balaban J connectivity index is 3.16. The highest BCUT2D eigenvalue weighted by Crippen LogP contribution is 2.09. The maximum atomic E-state index is 13.3. The molecule has 0 fully saturated rings. The summed E-state index contributed by atoms with van der Waals surface area (Å²) in [7, 11) is 3.46. The van der Waals surface area contributed by atoms with E-state index in [0.29, 0.717) is 0 Å². The lowest BCUT2D eigenvalue weighted by Gasteiger charge is -2.03. The van der Waals surface area contributed by atoms with E-state index in [1.165, 1.54) is 12.5 Å². The Morgan fingerprint density at radius 2 is 2.33 bits per heavy atom. The van der Waals surface area contributed by atoms with E-state index in [2.05, 4.69) is 16.6 Å². The standard InChI is InChI=1S/C9H11FN4O/c1-4-14-5-7(10)8(12-9(14)15)11-6-13(2)3/h4-6H,1H2,2-3H3/b11-6+. The molecule has 0 amide bonds. The number of hydrogen-bond donors (Lipinski definition) is 0. The van der Waals surface area contributed by atoms with Crippen LogP contribution in [-0.4, -0.2) is 34.9 Å². The molecule has 1 heterocycles. The van der Waals surface area contributed by atoms with Crippen LogP contribution in [0.25, 0.3) is 6.20 Å². The van der Waals surface area contributed by atoms with Gasteiger partial charge < -0.3 is 4.90 Å². The molecule has 0 atom stereocenters. The molecule has 1 rings (SSSR count). The molecule has 0 saturated heterocycles. The normalized spacial score (nSPS) is 10.6. The molecule has 1 aromatic heterocycles. The minimum atomic E-state index is -0.674. The van der Waals surface area contributed by atoms with Crippen LogP contribution in [-0.2, 0) is 0 Å². The van der Waals surface area contributed by atoms with E-state index in [0.717, 1.165) is 10.8 Å². The summed E-state index contributed by atoms with van der Waals surface area (Å²) >= 11 is 0. The average Bonchev–Trinajstić information content (AvgIpc) is 2.18. The lowest BCUT2D eigenvalue weighted by Crippen LogP contribution is -2.19. The second kappa shape index (κ2) is 4.50. The van der Waals surface area contributed by atoms with Gasteiger partial charge in [-0.25, -0.2) is 14.2 Å². The monoisotopic (exact) mass is 210 g/mol. The van der Waals surface area contributed by atoms with Crippen LogP contribution in [0.1, 0.15) is 0 Å². The molecule has 0 bridgehead atoms. The largest absolute Gasteiger partial charge is 0.369 e. The molecular weight excluding hydrogens is 199 g/mol. The average molecular weight is 210 g/mol. The first-order valence-electron chi connectivity index (χ1n) is 4.16. The number of aliphatic imine (C=N–C) groups is 1. The first-order chi connectivity index (χ1) is 7.04. The number of halogens is 1. The van der Waals surface area contributed by atoms with Crippen molar-refractivity contribution in [2.45, 2.75) is 0 Å². The third-order valence-corrected chi connectivity index (χ3v) is 1.50. The lowest BCUT2D eigenvalue weighted by molar-refractivity contribution is 0.603. The van der Waals surface area contributed by atoms with Crippen LogP contribution in [0.3, 0.4) is 0 Å². The second-order valence-corrected chi connectivity index (χ2v) is 2.99. The Morgan fingerprint density at radius 1 is 1.67 bits per heavy atom. The number of nitrogens with zero attached hydrogens (tertiary/aromatic N) is 4. The van der Waals surface area contributed by atoms with Crippen molar-refractivity contribution in [3.8, 4) is 0 Å². The van der Waals surface area contributed by atoms with Gasteiger partial charge in [0.05, 0.1) is 12.5 Å². The molecule has 80 valence electrons. The lowest BCUT2D eigenvalue weighted by atomic mass is 10.5. The second-order valence-electron chi connectivity index (χ2n) is 2.99. The van der Waals surface area contributed by atoms with Gasteiger partial charge in [-0.1, -0.05) is 6.58 Å². The SMILES string of the molecule is C=Cn1cc(F)c(/N=C/N(C)C)nc1=O. The third kappa shape index (κ3) is 2.73. The summed E-state index contributed by atoms with van der Waals surface area (Å²) in [5, 5.41) is 0. The van der Waals surface area contributed by atoms with Gasteiger partial charge in [0, 0.05) is 20.3 Å². The van der Waals surface area contributed by atoms with Crippen molar-refractivity contribution in [3.63, 3.8) is 0 Å². The van der Waals surface area contributed by atoms with Gasteiger partial charge in [0.25, 0.3) is 0 Å². The molecule has 0 aliphatic heterocycles. The zero-order valence-electron chi connectivity index (χ0n) is 8.51. The molecule has 0 aromatic carbocycles. The molecule has 6 heteroatoms. The smallest absolute Gasteiger partial charge is 0.353 e. The quantitative estimate of drug-likeness (QED) is 0.545. The summed E-state index contributed by atoms with van der Waals surface area (Å²) in [4.78, 5) is 20.0. The van der Waals surface area contributed by atoms with Gasteiger partial charge in [-0.2, -0.15) is 4.98 Å². The molecule has 0 aliphatic rings. The van der Waals surface area contributed by atoms with E-state index >= 15 is 0 Å². The Kier molecular flexibility index (Phi) is 3.33. The van der Waals surface area contributed by atoms with E-state index < -0.39 is 11.5 Å². The Labute approximate surface area is 86.2 Å². The van der Waals surface area contributed by atoms with Crippen LogP contribution in [0.15, 0.2) is 22.6 Å². The summed E-state index contributed by atoms with van der Waals surface area (Å²) in [6, 6.07) is 0. The first-order valence-corrected chi connectivity index (χ1v) is 4.16. The van der Waals surface area contributed by atoms with Crippen LogP contribution in [0, 0.1) is 5.82 Å². The minimum Gasteiger partial charge on any atom is -0.369 e. The van der Waals surface area contributed by atoms with Gasteiger partial charge >= 0.3 is 5.69 Å². The molecule has 0 radical (unpaired) electrons. The summed E-state index contributed by atoms with van der Waals surface area (Å²) in [6.07, 6.45) is 3.53.